The Bertz CT molecular complexity index is 469. The zero-order valence-corrected chi connectivity index (χ0v) is 13.0. The minimum Gasteiger partial charge on any atom is -0.348 e. The van der Waals surface area contributed by atoms with E-state index in [0.717, 1.165) is 12.0 Å². The normalized spacial score (nSPS) is 12.0. The number of nitrogens with one attached hydrogen (secondary N) is 2. The lowest BCUT2D eigenvalue weighted by atomic mass is 10.00. The Balaban J connectivity index is 2.49. The Morgan fingerprint density at radius 3 is 2.24 bits per heavy atom. The van der Waals surface area contributed by atoms with Gasteiger partial charge in [-0.15, -0.1) is 0 Å². The van der Waals surface area contributed by atoms with Crippen molar-refractivity contribution < 1.29 is 9.59 Å². The van der Waals surface area contributed by atoms with Crippen molar-refractivity contribution in [1.29, 1.82) is 0 Å². The van der Waals surface area contributed by atoms with Crippen molar-refractivity contribution in [2.75, 3.05) is 13.1 Å². The average Bonchev–Trinajstić information content (AvgIpc) is 2.44. The van der Waals surface area contributed by atoms with Crippen LogP contribution in [-0.2, 0) is 16.0 Å². The number of nitrogens with two attached hydrogens (primary N) is 1. The van der Waals surface area contributed by atoms with Gasteiger partial charge < -0.3 is 16.4 Å². The van der Waals surface area contributed by atoms with Crippen molar-refractivity contribution in [2.45, 2.75) is 33.2 Å². The molecular weight excluding hydrogens is 266 g/mol. The van der Waals surface area contributed by atoms with Gasteiger partial charge in [0.05, 0.1) is 19.1 Å². The van der Waals surface area contributed by atoms with Crippen molar-refractivity contribution in [3.63, 3.8) is 0 Å². The van der Waals surface area contributed by atoms with Gasteiger partial charge in [0.25, 0.3) is 0 Å². The molecule has 0 aliphatic heterocycles. The van der Waals surface area contributed by atoms with E-state index in [-0.39, 0.29) is 30.9 Å². The molecule has 1 unspecified atom stereocenters. The third-order valence-electron chi connectivity index (χ3n) is 3.13. The van der Waals surface area contributed by atoms with Crippen LogP contribution in [0.2, 0.25) is 0 Å². The molecule has 0 aliphatic rings. The van der Waals surface area contributed by atoms with E-state index in [1.54, 1.807) is 0 Å². The number of benzene rings is 1. The SMILES string of the molecule is CC(C)Cc1ccc(C(C)NC(=O)CNC(=O)CN)cc1. The molecule has 21 heavy (non-hydrogen) atoms. The third-order valence-corrected chi connectivity index (χ3v) is 3.13. The topological polar surface area (TPSA) is 84.2 Å². The lowest BCUT2D eigenvalue weighted by molar-refractivity contribution is -0.125. The molecule has 1 aromatic rings. The fourth-order valence-electron chi connectivity index (χ4n) is 2.04. The summed E-state index contributed by atoms with van der Waals surface area (Å²) in [5, 5.41) is 5.29. The second-order valence-electron chi connectivity index (χ2n) is 5.61. The summed E-state index contributed by atoms with van der Waals surface area (Å²) in [5.74, 6) is 0.0607. The molecule has 0 aliphatic carbocycles. The summed E-state index contributed by atoms with van der Waals surface area (Å²) in [5.41, 5.74) is 7.49. The monoisotopic (exact) mass is 291 g/mol. The van der Waals surface area contributed by atoms with E-state index in [0.29, 0.717) is 5.92 Å². The van der Waals surface area contributed by atoms with E-state index in [1.165, 1.54) is 5.56 Å². The van der Waals surface area contributed by atoms with E-state index < -0.39 is 0 Å². The Morgan fingerprint density at radius 1 is 1.10 bits per heavy atom. The van der Waals surface area contributed by atoms with Crippen molar-refractivity contribution >= 4 is 11.8 Å². The highest BCUT2D eigenvalue weighted by atomic mass is 16.2. The van der Waals surface area contributed by atoms with Crippen molar-refractivity contribution in [3.8, 4) is 0 Å². The van der Waals surface area contributed by atoms with Gasteiger partial charge in [-0.2, -0.15) is 0 Å². The Labute approximate surface area is 126 Å². The first-order valence-corrected chi connectivity index (χ1v) is 7.27. The smallest absolute Gasteiger partial charge is 0.239 e. The molecular formula is C16H25N3O2. The van der Waals surface area contributed by atoms with Gasteiger partial charge in [-0.05, 0) is 30.4 Å². The molecule has 1 rings (SSSR count). The third kappa shape index (κ3) is 6.40. The molecule has 0 spiro atoms. The van der Waals surface area contributed by atoms with Gasteiger partial charge >= 0.3 is 0 Å². The molecule has 116 valence electrons. The zero-order chi connectivity index (χ0) is 15.8. The molecule has 4 N–H and O–H groups in total. The Kier molecular flexibility index (Phi) is 6.88. The molecule has 5 nitrogen and oxygen atoms in total. The molecule has 0 heterocycles. The summed E-state index contributed by atoms with van der Waals surface area (Å²) in [6.07, 6.45) is 1.05. The van der Waals surface area contributed by atoms with Crippen molar-refractivity contribution in [1.82, 2.24) is 10.6 Å². The van der Waals surface area contributed by atoms with Crippen LogP contribution in [-0.4, -0.2) is 24.9 Å². The maximum atomic E-state index is 11.7. The van der Waals surface area contributed by atoms with Gasteiger partial charge in [-0.3, -0.25) is 9.59 Å². The molecule has 5 heteroatoms. The van der Waals surface area contributed by atoms with Crippen LogP contribution in [0.25, 0.3) is 0 Å². The quantitative estimate of drug-likeness (QED) is 0.704. The summed E-state index contributed by atoms with van der Waals surface area (Å²) in [6.45, 7) is 6.13. The first-order valence-electron chi connectivity index (χ1n) is 7.27. The number of hydrogen-bond donors (Lipinski definition) is 3. The summed E-state index contributed by atoms with van der Waals surface area (Å²) < 4.78 is 0. The highest BCUT2D eigenvalue weighted by Crippen LogP contribution is 2.15. The second-order valence-corrected chi connectivity index (χ2v) is 5.61. The predicted octanol–water partition coefficient (Wildman–Crippen LogP) is 1.14. The molecule has 0 aromatic heterocycles. The van der Waals surface area contributed by atoms with Crippen LogP contribution in [0.5, 0.6) is 0 Å². The van der Waals surface area contributed by atoms with Crippen LogP contribution in [0.1, 0.15) is 37.9 Å². The van der Waals surface area contributed by atoms with E-state index in [4.69, 9.17) is 5.73 Å². The molecule has 1 aromatic carbocycles. The number of amides is 2. The number of carbonyl (C=O) groups is 2. The van der Waals surface area contributed by atoms with Gasteiger partial charge in [0.1, 0.15) is 0 Å². The van der Waals surface area contributed by atoms with Gasteiger partial charge in [0.15, 0.2) is 0 Å². The first kappa shape index (κ1) is 17.2. The molecule has 0 saturated heterocycles. The largest absolute Gasteiger partial charge is 0.348 e. The molecule has 2 amide bonds. The Morgan fingerprint density at radius 2 is 1.71 bits per heavy atom. The van der Waals surface area contributed by atoms with Crippen LogP contribution < -0.4 is 16.4 Å². The molecule has 0 saturated carbocycles. The lowest BCUT2D eigenvalue weighted by Gasteiger charge is -2.15. The fraction of sp³-hybridized carbons (Fsp3) is 0.500. The van der Waals surface area contributed by atoms with E-state index in [9.17, 15) is 9.59 Å². The zero-order valence-electron chi connectivity index (χ0n) is 13.0. The summed E-state index contributed by atoms with van der Waals surface area (Å²) in [4.78, 5) is 22.7. The second kappa shape index (κ2) is 8.42. The highest BCUT2D eigenvalue weighted by molar-refractivity contribution is 5.85. The number of carbonyl (C=O) groups excluding carboxylic acids is 2. The van der Waals surface area contributed by atoms with Crippen molar-refractivity contribution in [2.24, 2.45) is 11.7 Å². The van der Waals surface area contributed by atoms with Gasteiger partial charge in [0, 0.05) is 0 Å². The standard InChI is InChI=1S/C16H25N3O2/c1-11(2)8-13-4-6-14(7-5-13)12(3)19-16(21)10-18-15(20)9-17/h4-7,11-12H,8-10,17H2,1-3H3,(H,18,20)(H,19,21). The van der Waals surface area contributed by atoms with Gasteiger partial charge in [-0.25, -0.2) is 0 Å². The molecule has 1 atom stereocenters. The summed E-state index contributed by atoms with van der Waals surface area (Å²) >= 11 is 0. The Hall–Kier alpha value is -1.88. The van der Waals surface area contributed by atoms with Crippen molar-refractivity contribution in [3.05, 3.63) is 35.4 Å². The molecule has 0 bridgehead atoms. The predicted molar refractivity (Wildman–Crippen MR) is 83.6 cm³/mol. The van der Waals surface area contributed by atoms with Gasteiger partial charge in [-0.1, -0.05) is 38.1 Å². The maximum absolute atomic E-state index is 11.7. The molecule has 0 radical (unpaired) electrons. The number of rotatable bonds is 7. The van der Waals surface area contributed by atoms with E-state index in [2.05, 4.69) is 36.6 Å². The van der Waals surface area contributed by atoms with Gasteiger partial charge in [0.2, 0.25) is 11.8 Å². The van der Waals surface area contributed by atoms with Crippen LogP contribution in [0.3, 0.4) is 0 Å². The van der Waals surface area contributed by atoms with E-state index >= 15 is 0 Å². The lowest BCUT2D eigenvalue weighted by Crippen LogP contribution is -2.40. The minimum absolute atomic E-state index is 0.0498. The maximum Gasteiger partial charge on any atom is 0.239 e. The van der Waals surface area contributed by atoms with Crippen LogP contribution in [0, 0.1) is 5.92 Å². The van der Waals surface area contributed by atoms with Crippen LogP contribution >= 0.6 is 0 Å². The summed E-state index contributed by atoms with van der Waals surface area (Å²) in [7, 11) is 0. The summed E-state index contributed by atoms with van der Waals surface area (Å²) in [6, 6.07) is 8.14. The minimum atomic E-state index is -0.337. The van der Waals surface area contributed by atoms with Crippen LogP contribution in [0.15, 0.2) is 24.3 Å². The average molecular weight is 291 g/mol. The van der Waals surface area contributed by atoms with E-state index in [1.807, 2.05) is 19.1 Å². The highest BCUT2D eigenvalue weighted by Gasteiger charge is 2.10. The molecule has 0 fully saturated rings. The van der Waals surface area contributed by atoms with Crippen LogP contribution in [0.4, 0.5) is 0 Å². The number of hydrogen-bond acceptors (Lipinski definition) is 3. The first-order chi connectivity index (χ1) is 9.92. The fourth-order valence-corrected chi connectivity index (χ4v) is 2.04.